The fourth-order valence-corrected chi connectivity index (χ4v) is 2.16. The van der Waals surface area contributed by atoms with Crippen molar-refractivity contribution in [3.63, 3.8) is 0 Å². The van der Waals surface area contributed by atoms with E-state index in [0.717, 1.165) is 5.56 Å². The number of imidazole rings is 1. The van der Waals surface area contributed by atoms with Gasteiger partial charge in [-0.1, -0.05) is 12.1 Å². The zero-order chi connectivity index (χ0) is 15.7. The van der Waals surface area contributed by atoms with E-state index in [4.69, 9.17) is 11.5 Å². The van der Waals surface area contributed by atoms with E-state index < -0.39 is 0 Å². The van der Waals surface area contributed by atoms with Crippen LogP contribution in [0.5, 0.6) is 0 Å². The van der Waals surface area contributed by atoms with Crippen molar-refractivity contribution in [3.8, 4) is 0 Å². The molecule has 0 bridgehead atoms. The van der Waals surface area contributed by atoms with E-state index >= 15 is 0 Å². The highest BCUT2D eigenvalue weighted by Crippen LogP contribution is 2.18. The predicted octanol–water partition coefficient (Wildman–Crippen LogP) is 0.826. The van der Waals surface area contributed by atoms with Crippen molar-refractivity contribution in [3.05, 3.63) is 41.7 Å². The van der Waals surface area contributed by atoms with Gasteiger partial charge in [-0.2, -0.15) is 9.97 Å². The number of esters is 1. The number of benzene rings is 1. The summed E-state index contributed by atoms with van der Waals surface area (Å²) in [6, 6.07) is 7.09. The molecule has 0 radical (unpaired) electrons. The van der Waals surface area contributed by atoms with Gasteiger partial charge in [-0.3, -0.25) is 0 Å². The maximum atomic E-state index is 11.4. The Bertz CT molecular complexity index is 840. The number of nitrogens with two attached hydrogens (primary N) is 2. The van der Waals surface area contributed by atoms with Crippen LogP contribution < -0.4 is 11.5 Å². The Labute approximate surface area is 125 Å². The number of fused-ring (bicyclic) bond motifs is 1. The van der Waals surface area contributed by atoms with Crippen LogP contribution in [0.3, 0.4) is 0 Å². The number of rotatable bonds is 3. The average Bonchev–Trinajstić information content (AvgIpc) is 2.90. The van der Waals surface area contributed by atoms with Gasteiger partial charge in [0.25, 0.3) is 0 Å². The van der Waals surface area contributed by atoms with Crippen LogP contribution in [0.25, 0.3) is 11.2 Å². The molecule has 0 saturated heterocycles. The number of nitrogen functional groups attached to an aromatic ring is 2. The first-order chi connectivity index (χ1) is 10.6. The number of ether oxygens (including phenoxy) is 1. The van der Waals surface area contributed by atoms with E-state index in [1.54, 1.807) is 18.5 Å². The largest absolute Gasteiger partial charge is 0.465 e. The quantitative estimate of drug-likeness (QED) is 0.686. The summed E-state index contributed by atoms with van der Waals surface area (Å²) in [6.07, 6.45) is 1.63. The molecule has 0 aliphatic heterocycles. The standard InChI is InChI=1S/C14H14N6O2/c1-22-13(21)9-4-2-8(3-5-9)6-20-7-17-10-11(15)18-14(16)19-12(10)20/h2-5,7H,6H2,1H3,(H4,15,16,18,19). The van der Waals surface area contributed by atoms with Crippen LogP contribution in [0.1, 0.15) is 15.9 Å². The fourth-order valence-electron chi connectivity index (χ4n) is 2.16. The molecule has 0 spiro atoms. The number of aromatic nitrogens is 4. The van der Waals surface area contributed by atoms with Crippen LogP contribution in [-0.4, -0.2) is 32.6 Å². The topological polar surface area (TPSA) is 122 Å². The molecular formula is C14H14N6O2. The van der Waals surface area contributed by atoms with Crippen LogP contribution in [-0.2, 0) is 11.3 Å². The smallest absolute Gasteiger partial charge is 0.337 e. The van der Waals surface area contributed by atoms with E-state index in [1.165, 1.54) is 7.11 Å². The van der Waals surface area contributed by atoms with Crippen molar-refractivity contribution in [2.24, 2.45) is 0 Å². The molecule has 0 aliphatic rings. The van der Waals surface area contributed by atoms with Crippen molar-refractivity contribution in [2.75, 3.05) is 18.6 Å². The molecule has 0 aliphatic carbocycles. The molecule has 1 aromatic carbocycles. The summed E-state index contributed by atoms with van der Waals surface area (Å²) in [5, 5.41) is 0. The average molecular weight is 298 g/mol. The van der Waals surface area contributed by atoms with Gasteiger partial charge in [0.05, 0.1) is 25.5 Å². The second-order valence-corrected chi connectivity index (χ2v) is 4.70. The molecule has 8 nitrogen and oxygen atoms in total. The molecule has 3 aromatic rings. The van der Waals surface area contributed by atoms with Gasteiger partial charge in [0, 0.05) is 0 Å². The highest BCUT2D eigenvalue weighted by molar-refractivity contribution is 5.89. The Morgan fingerprint density at radius 3 is 2.64 bits per heavy atom. The third kappa shape index (κ3) is 2.41. The predicted molar refractivity (Wildman–Crippen MR) is 81.0 cm³/mol. The van der Waals surface area contributed by atoms with Crippen LogP contribution in [0.2, 0.25) is 0 Å². The maximum Gasteiger partial charge on any atom is 0.337 e. The van der Waals surface area contributed by atoms with Crippen molar-refractivity contribution >= 4 is 28.9 Å². The van der Waals surface area contributed by atoms with Gasteiger partial charge >= 0.3 is 5.97 Å². The fraction of sp³-hybridized carbons (Fsp3) is 0.143. The van der Waals surface area contributed by atoms with Crippen LogP contribution in [0.4, 0.5) is 11.8 Å². The number of methoxy groups -OCH3 is 1. The summed E-state index contributed by atoms with van der Waals surface area (Å²) in [5.74, 6) is -0.0111. The summed E-state index contributed by atoms with van der Waals surface area (Å²) < 4.78 is 6.48. The number of hydrogen-bond acceptors (Lipinski definition) is 7. The molecule has 0 amide bonds. The molecule has 3 rings (SSSR count). The monoisotopic (exact) mass is 298 g/mol. The summed E-state index contributed by atoms with van der Waals surface area (Å²) in [6.45, 7) is 0.522. The molecule has 8 heteroatoms. The molecule has 0 unspecified atom stereocenters. The molecule has 0 atom stereocenters. The minimum absolute atomic E-state index is 0.104. The zero-order valence-electron chi connectivity index (χ0n) is 11.9. The Kier molecular flexibility index (Phi) is 3.34. The molecule has 0 fully saturated rings. The van der Waals surface area contributed by atoms with Gasteiger partial charge < -0.3 is 20.8 Å². The van der Waals surface area contributed by atoms with Crippen molar-refractivity contribution in [1.29, 1.82) is 0 Å². The Hall–Kier alpha value is -3.16. The Balaban J connectivity index is 1.92. The van der Waals surface area contributed by atoms with Crippen molar-refractivity contribution < 1.29 is 9.53 Å². The lowest BCUT2D eigenvalue weighted by atomic mass is 10.1. The molecular weight excluding hydrogens is 284 g/mol. The minimum Gasteiger partial charge on any atom is -0.465 e. The molecule has 4 N–H and O–H groups in total. The van der Waals surface area contributed by atoms with Gasteiger partial charge in [-0.05, 0) is 17.7 Å². The van der Waals surface area contributed by atoms with E-state index in [2.05, 4.69) is 19.7 Å². The SMILES string of the molecule is COC(=O)c1ccc(Cn2cnc3c(N)nc(N)nc32)cc1. The Morgan fingerprint density at radius 2 is 1.95 bits per heavy atom. The van der Waals surface area contributed by atoms with E-state index in [9.17, 15) is 4.79 Å². The zero-order valence-corrected chi connectivity index (χ0v) is 11.9. The van der Waals surface area contributed by atoms with E-state index in [0.29, 0.717) is 23.3 Å². The molecule has 2 heterocycles. The summed E-state index contributed by atoms with van der Waals surface area (Å²) in [5.41, 5.74) is 14.0. The first-order valence-corrected chi connectivity index (χ1v) is 6.49. The second-order valence-electron chi connectivity index (χ2n) is 4.70. The van der Waals surface area contributed by atoms with Gasteiger partial charge in [0.1, 0.15) is 5.52 Å². The number of nitrogens with zero attached hydrogens (tertiary/aromatic N) is 4. The van der Waals surface area contributed by atoms with Crippen LogP contribution in [0.15, 0.2) is 30.6 Å². The summed E-state index contributed by atoms with van der Waals surface area (Å²) >= 11 is 0. The first-order valence-electron chi connectivity index (χ1n) is 6.49. The molecule has 22 heavy (non-hydrogen) atoms. The summed E-state index contributed by atoms with van der Waals surface area (Å²) in [4.78, 5) is 23.7. The van der Waals surface area contributed by atoms with Gasteiger partial charge in [0.15, 0.2) is 11.5 Å². The lowest BCUT2D eigenvalue weighted by Gasteiger charge is -2.06. The minimum atomic E-state index is -0.368. The number of carbonyl (C=O) groups is 1. The van der Waals surface area contributed by atoms with Crippen molar-refractivity contribution in [1.82, 2.24) is 19.5 Å². The molecule has 112 valence electrons. The lowest BCUT2D eigenvalue weighted by Crippen LogP contribution is -2.05. The second kappa shape index (κ2) is 5.32. The Morgan fingerprint density at radius 1 is 1.23 bits per heavy atom. The summed E-state index contributed by atoms with van der Waals surface area (Å²) in [7, 11) is 1.35. The number of anilines is 2. The third-order valence-corrected chi connectivity index (χ3v) is 3.24. The number of carbonyl (C=O) groups excluding carboxylic acids is 1. The van der Waals surface area contributed by atoms with Gasteiger partial charge in [-0.15, -0.1) is 0 Å². The van der Waals surface area contributed by atoms with Crippen molar-refractivity contribution in [2.45, 2.75) is 6.54 Å². The van der Waals surface area contributed by atoms with Crippen LogP contribution in [0, 0.1) is 0 Å². The maximum absolute atomic E-state index is 11.4. The first kappa shape index (κ1) is 13.8. The van der Waals surface area contributed by atoms with E-state index in [1.807, 2.05) is 16.7 Å². The van der Waals surface area contributed by atoms with Crippen LogP contribution >= 0.6 is 0 Å². The van der Waals surface area contributed by atoms with E-state index in [-0.39, 0.29) is 17.7 Å². The number of hydrogen-bond donors (Lipinski definition) is 2. The van der Waals surface area contributed by atoms with Gasteiger partial charge in [-0.25, -0.2) is 9.78 Å². The lowest BCUT2D eigenvalue weighted by molar-refractivity contribution is 0.0600. The molecule has 2 aromatic heterocycles. The normalized spacial score (nSPS) is 10.8. The highest BCUT2D eigenvalue weighted by atomic mass is 16.5. The third-order valence-electron chi connectivity index (χ3n) is 3.24. The van der Waals surface area contributed by atoms with Gasteiger partial charge in [0.2, 0.25) is 5.95 Å². The molecule has 0 saturated carbocycles. The highest BCUT2D eigenvalue weighted by Gasteiger charge is 2.11.